The van der Waals surface area contributed by atoms with Crippen LogP contribution < -0.4 is 10.2 Å². The van der Waals surface area contributed by atoms with Crippen LogP contribution in [-0.2, 0) is 4.79 Å². The molecule has 0 aliphatic carbocycles. The summed E-state index contributed by atoms with van der Waals surface area (Å²) in [5.41, 5.74) is 0.470. The maximum Gasteiger partial charge on any atom is 0.279 e. The molecule has 1 aromatic carbocycles. The number of carbonyl (C=O) groups is 1. The standard InChI is InChI=1S/C14H18ClFN2O/c1-10-3-2-6-18(8-10)9-14(19)17-13-5-4-11(16)7-12(13)15/h4-5,7,10H,2-3,6,8-9H2,1H3,(H,17,19)/p+1/t10-/m1/s1. The lowest BCUT2D eigenvalue weighted by molar-refractivity contribution is -0.900. The van der Waals surface area contributed by atoms with E-state index in [4.69, 9.17) is 11.6 Å². The molecule has 2 N–H and O–H groups in total. The highest BCUT2D eigenvalue weighted by molar-refractivity contribution is 6.33. The summed E-state index contributed by atoms with van der Waals surface area (Å²) >= 11 is 5.88. The minimum Gasteiger partial charge on any atom is -0.327 e. The average molecular weight is 286 g/mol. The Labute approximate surface area is 117 Å². The predicted molar refractivity (Wildman–Crippen MR) is 74.0 cm³/mol. The topological polar surface area (TPSA) is 33.5 Å². The summed E-state index contributed by atoms with van der Waals surface area (Å²) in [6.07, 6.45) is 2.41. The number of halogens is 2. The molecule has 2 atom stereocenters. The number of benzene rings is 1. The van der Waals surface area contributed by atoms with E-state index in [1.54, 1.807) is 0 Å². The fourth-order valence-electron chi connectivity index (χ4n) is 2.57. The summed E-state index contributed by atoms with van der Waals surface area (Å²) < 4.78 is 12.9. The summed E-state index contributed by atoms with van der Waals surface area (Å²) in [4.78, 5) is 13.2. The van der Waals surface area contributed by atoms with Crippen molar-refractivity contribution in [3.05, 3.63) is 29.0 Å². The minimum absolute atomic E-state index is 0.0717. The number of hydrogen-bond acceptors (Lipinski definition) is 1. The number of quaternary nitrogens is 1. The van der Waals surface area contributed by atoms with Crippen molar-refractivity contribution in [3.63, 3.8) is 0 Å². The fraction of sp³-hybridized carbons (Fsp3) is 0.500. The first-order valence-electron chi connectivity index (χ1n) is 6.63. The molecule has 19 heavy (non-hydrogen) atoms. The van der Waals surface area contributed by atoms with Crippen molar-refractivity contribution in [2.75, 3.05) is 25.0 Å². The minimum atomic E-state index is -0.404. The number of rotatable bonds is 3. The van der Waals surface area contributed by atoms with Gasteiger partial charge in [0, 0.05) is 5.92 Å². The van der Waals surface area contributed by atoms with Crippen molar-refractivity contribution >= 4 is 23.2 Å². The van der Waals surface area contributed by atoms with Gasteiger partial charge in [0.2, 0.25) is 0 Å². The summed E-state index contributed by atoms with van der Waals surface area (Å²) in [5, 5.41) is 2.97. The van der Waals surface area contributed by atoms with Crippen LogP contribution in [0.1, 0.15) is 19.8 Å². The van der Waals surface area contributed by atoms with Gasteiger partial charge in [0.25, 0.3) is 5.91 Å². The van der Waals surface area contributed by atoms with Crippen molar-refractivity contribution in [3.8, 4) is 0 Å². The Bertz CT molecular complexity index is 467. The van der Waals surface area contributed by atoms with Gasteiger partial charge in [-0.25, -0.2) is 4.39 Å². The molecule has 104 valence electrons. The van der Waals surface area contributed by atoms with Crippen LogP contribution >= 0.6 is 11.6 Å². The molecule has 1 heterocycles. The molecule has 1 fully saturated rings. The summed E-state index contributed by atoms with van der Waals surface area (Å²) in [5.74, 6) is 0.196. The Hall–Kier alpha value is -1.13. The Morgan fingerprint density at radius 3 is 3.05 bits per heavy atom. The van der Waals surface area contributed by atoms with Crippen LogP contribution in [-0.4, -0.2) is 25.5 Å². The number of hydrogen-bond donors (Lipinski definition) is 2. The monoisotopic (exact) mass is 285 g/mol. The van der Waals surface area contributed by atoms with Gasteiger partial charge in [-0.3, -0.25) is 4.79 Å². The molecule has 0 saturated carbocycles. The van der Waals surface area contributed by atoms with Crippen molar-refractivity contribution in [1.29, 1.82) is 0 Å². The smallest absolute Gasteiger partial charge is 0.279 e. The molecule has 1 aliphatic heterocycles. The number of amides is 1. The molecule has 2 rings (SSSR count). The van der Waals surface area contributed by atoms with E-state index in [1.165, 1.54) is 35.9 Å². The number of piperidine rings is 1. The summed E-state index contributed by atoms with van der Waals surface area (Å²) in [6, 6.07) is 3.98. The first-order valence-corrected chi connectivity index (χ1v) is 7.01. The van der Waals surface area contributed by atoms with Crippen molar-refractivity contribution in [2.45, 2.75) is 19.8 Å². The lowest BCUT2D eigenvalue weighted by Crippen LogP contribution is -3.14. The van der Waals surface area contributed by atoms with Gasteiger partial charge in [-0.15, -0.1) is 0 Å². The van der Waals surface area contributed by atoms with Crippen molar-refractivity contribution in [2.24, 2.45) is 5.92 Å². The quantitative estimate of drug-likeness (QED) is 0.871. The summed E-state index contributed by atoms with van der Waals surface area (Å²) in [7, 11) is 0. The maximum atomic E-state index is 12.9. The number of carbonyl (C=O) groups excluding carboxylic acids is 1. The molecule has 1 amide bonds. The molecule has 0 bridgehead atoms. The van der Waals surface area contributed by atoms with E-state index < -0.39 is 5.82 Å². The van der Waals surface area contributed by atoms with Crippen LogP contribution in [0, 0.1) is 11.7 Å². The average Bonchev–Trinajstić information content (AvgIpc) is 2.33. The Kier molecular flexibility index (Phi) is 4.77. The highest BCUT2D eigenvalue weighted by Crippen LogP contribution is 2.22. The highest BCUT2D eigenvalue weighted by Gasteiger charge is 2.22. The number of nitrogens with one attached hydrogen (secondary N) is 2. The highest BCUT2D eigenvalue weighted by atomic mass is 35.5. The lowest BCUT2D eigenvalue weighted by Gasteiger charge is -2.27. The SMILES string of the molecule is C[C@@H]1CCC[NH+](CC(=O)Nc2ccc(F)cc2Cl)C1. The van der Waals surface area contributed by atoms with E-state index in [0.717, 1.165) is 13.1 Å². The van der Waals surface area contributed by atoms with Gasteiger partial charge < -0.3 is 10.2 Å². The van der Waals surface area contributed by atoms with Gasteiger partial charge in [0.05, 0.1) is 23.8 Å². The first-order chi connectivity index (χ1) is 9.04. The normalized spacial score (nSPS) is 23.1. The zero-order valence-electron chi connectivity index (χ0n) is 11.0. The zero-order chi connectivity index (χ0) is 13.8. The molecule has 5 heteroatoms. The van der Waals surface area contributed by atoms with Crippen molar-refractivity contribution < 1.29 is 14.1 Å². The Balaban J connectivity index is 1.90. The van der Waals surface area contributed by atoms with Crippen LogP contribution in [0.3, 0.4) is 0 Å². The first kappa shape index (κ1) is 14.3. The molecule has 1 saturated heterocycles. The molecular weight excluding hydrogens is 267 g/mol. The van der Waals surface area contributed by atoms with Gasteiger partial charge in [0.15, 0.2) is 6.54 Å². The van der Waals surface area contributed by atoms with Crippen molar-refractivity contribution in [1.82, 2.24) is 0 Å². The second-order valence-corrected chi connectivity index (χ2v) is 5.71. The molecule has 1 aromatic rings. The molecule has 0 spiro atoms. The molecule has 0 aromatic heterocycles. The second-order valence-electron chi connectivity index (χ2n) is 5.30. The Morgan fingerprint density at radius 1 is 1.58 bits per heavy atom. The third-order valence-electron chi connectivity index (χ3n) is 3.48. The fourth-order valence-corrected chi connectivity index (χ4v) is 2.78. The Morgan fingerprint density at radius 2 is 2.37 bits per heavy atom. The molecular formula is C14H19ClFN2O+. The lowest BCUT2D eigenvalue weighted by atomic mass is 10.0. The summed E-state index contributed by atoms with van der Waals surface area (Å²) in [6.45, 7) is 4.73. The second kappa shape index (κ2) is 6.35. The molecule has 3 nitrogen and oxygen atoms in total. The molecule has 0 radical (unpaired) electrons. The van der Waals surface area contributed by atoms with Crippen LogP contribution in [0.25, 0.3) is 0 Å². The van der Waals surface area contributed by atoms with Crippen LogP contribution in [0.2, 0.25) is 5.02 Å². The third-order valence-corrected chi connectivity index (χ3v) is 3.79. The maximum absolute atomic E-state index is 12.9. The van der Waals surface area contributed by atoms with Gasteiger partial charge >= 0.3 is 0 Å². The molecule has 1 unspecified atom stereocenters. The number of anilines is 1. The van der Waals surface area contributed by atoms with Gasteiger partial charge in [-0.2, -0.15) is 0 Å². The van der Waals surface area contributed by atoms with E-state index >= 15 is 0 Å². The van der Waals surface area contributed by atoms with Crippen LogP contribution in [0.5, 0.6) is 0 Å². The number of likely N-dealkylation sites (tertiary alicyclic amines) is 1. The van der Waals surface area contributed by atoms with Crippen LogP contribution in [0.4, 0.5) is 10.1 Å². The van der Waals surface area contributed by atoms with Gasteiger partial charge in [0.1, 0.15) is 5.82 Å². The van der Waals surface area contributed by atoms with E-state index in [2.05, 4.69) is 12.2 Å². The van der Waals surface area contributed by atoms with Crippen LogP contribution in [0.15, 0.2) is 18.2 Å². The molecule has 1 aliphatic rings. The predicted octanol–water partition coefficient (Wildman–Crippen LogP) is 1.73. The zero-order valence-corrected chi connectivity index (χ0v) is 11.8. The van der Waals surface area contributed by atoms with E-state index in [0.29, 0.717) is 18.2 Å². The largest absolute Gasteiger partial charge is 0.327 e. The van der Waals surface area contributed by atoms with E-state index in [1.807, 2.05) is 0 Å². The van der Waals surface area contributed by atoms with Gasteiger partial charge in [-0.05, 0) is 31.0 Å². The van der Waals surface area contributed by atoms with E-state index in [9.17, 15) is 9.18 Å². The third kappa shape index (κ3) is 4.18. The van der Waals surface area contributed by atoms with Gasteiger partial charge in [-0.1, -0.05) is 18.5 Å². The van der Waals surface area contributed by atoms with E-state index in [-0.39, 0.29) is 10.9 Å².